The van der Waals surface area contributed by atoms with Gasteiger partial charge >= 0.3 is 6.03 Å². The van der Waals surface area contributed by atoms with Gasteiger partial charge in [0.15, 0.2) is 0 Å². The molecule has 2 amide bonds. The maximum Gasteiger partial charge on any atom is 0.323 e. The van der Waals surface area contributed by atoms with Crippen LogP contribution in [0.5, 0.6) is 0 Å². The number of allylic oxidation sites excluding steroid dienone is 1. The van der Waals surface area contributed by atoms with E-state index in [2.05, 4.69) is 10.6 Å². The summed E-state index contributed by atoms with van der Waals surface area (Å²) in [6.45, 7) is 0. The van der Waals surface area contributed by atoms with Crippen LogP contribution in [0, 0.1) is 5.92 Å². The Hall–Kier alpha value is -1.42. The van der Waals surface area contributed by atoms with Crippen LogP contribution in [0.1, 0.15) is 12.8 Å². The number of thioether (sulfide) groups is 1. The van der Waals surface area contributed by atoms with E-state index in [1.165, 1.54) is 12.8 Å². The number of amides is 2. The van der Waals surface area contributed by atoms with Crippen molar-refractivity contribution in [2.24, 2.45) is 5.92 Å². The van der Waals surface area contributed by atoms with E-state index in [0.717, 1.165) is 10.6 Å². The Morgan fingerprint density at radius 3 is 3.00 bits per heavy atom. The van der Waals surface area contributed by atoms with Crippen molar-refractivity contribution >= 4 is 23.5 Å². The molecule has 1 fully saturated rings. The van der Waals surface area contributed by atoms with E-state index in [-0.39, 0.29) is 6.03 Å². The summed E-state index contributed by atoms with van der Waals surface area (Å²) in [6, 6.07) is 7.58. The molecule has 17 heavy (non-hydrogen) atoms. The Labute approximate surface area is 106 Å². The lowest BCUT2D eigenvalue weighted by atomic mass is 10.3. The molecule has 1 aromatic rings. The van der Waals surface area contributed by atoms with Gasteiger partial charge in [-0.1, -0.05) is 12.1 Å². The van der Waals surface area contributed by atoms with Crippen LogP contribution in [0.15, 0.2) is 41.4 Å². The van der Waals surface area contributed by atoms with Gasteiger partial charge in [0, 0.05) is 16.8 Å². The highest BCUT2D eigenvalue weighted by molar-refractivity contribution is 7.98. The van der Waals surface area contributed by atoms with E-state index >= 15 is 0 Å². The molecule has 1 aliphatic carbocycles. The normalized spacial score (nSPS) is 14.9. The molecular weight excluding hydrogens is 232 g/mol. The van der Waals surface area contributed by atoms with Crippen LogP contribution in [0.2, 0.25) is 0 Å². The fraction of sp³-hybridized carbons (Fsp3) is 0.308. The van der Waals surface area contributed by atoms with Crippen molar-refractivity contribution in [2.75, 3.05) is 11.6 Å². The summed E-state index contributed by atoms with van der Waals surface area (Å²) < 4.78 is 0. The molecule has 1 aromatic carbocycles. The molecule has 2 rings (SSSR count). The number of benzene rings is 1. The zero-order chi connectivity index (χ0) is 12.1. The fourth-order valence-corrected chi connectivity index (χ4v) is 1.88. The number of carbonyl (C=O) groups is 1. The molecule has 0 heterocycles. The zero-order valence-electron chi connectivity index (χ0n) is 9.77. The lowest BCUT2D eigenvalue weighted by molar-refractivity contribution is 0.255. The third-order valence-corrected chi connectivity index (χ3v) is 3.26. The minimum Gasteiger partial charge on any atom is -0.315 e. The van der Waals surface area contributed by atoms with Crippen molar-refractivity contribution < 1.29 is 4.79 Å². The summed E-state index contributed by atoms with van der Waals surface area (Å²) >= 11 is 1.65. The number of anilines is 1. The molecule has 90 valence electrons. The molecule has 0 spiro atoms. The van der Waals surface area contributed by atoms with Gasteiger partial charge in [-0.05, 0) is 43.2 Å². The van der Waals surface area contributed by atoms with Crippen molar-refractivity contribution in [3.63, 3.8) is 0 Å². The van der Waals surface area contributed by atoms with Crippen LogP contribution in [0.25, 0.3) is 0 Å². The minimum atomic E-state index is -0.194. The largest absolute Gasteiger partial charge is 0.323 e. The Morgan fingerprint density at radius 1 is 1.47 bits per heavy atom. The maximum atomic E-state index is 11.5. The summed E-state index contributed by atoms with van der Waals surface area (Å²) in [5, 5.41) is 5.50. The summed E-state index contributed by atoms with van der Waals surface area (Å²) in [5.41, 5.74) is 0.814. The van der Waals surface area contributed by atoms with Crippen LogP contribution in [0.3, 0.4) is 0 Å². The smallest absolute Gasteiger partial charge is 0.315 e. The highest BCUT2D eigenvalue weighted by Crippen LogP contribution is 2.29. The van der Waals surface area contributed by atoms with Crippen LogP contribution >= 0.6 is 11.8 Å². The summed E-state index contributed by atoms with van der Waals surface area (Å²) in [4.78, 5) is 12.7. The monoisotopic (exact) mass is 248 g/mol. The van der Waals surface area contributed by atoms with Crippen molar-refractivity contribution in [1.82, 2.24) is 5.32 Å². The van der Waals surface area contributed by atoms with Crippen LogP contribution in [0.4, 0.5) is 10.5 Å². The van der Waals surface area contributed by atoms with Crippen molar-refractivity contribution in [3.8, 4) is 0 Å². The molecule has 0 radical (unpaired) electrons. The van der Waals surface area contributed by atoms with Gasteiger partial charge < -0.3 is 10.6 Å². The van der Waals surface area contributed by atoms with E-state index in [1.54, 1.807) is 18.0 Å². The Morgan fingerprint density at radius 2 is 2.29 bits per heavy atom. The van der Waals surface area contributed by atoms with Crippen LogP contribution in [-0.4, -0.2) is 12.3 Å². The van der Waals surface area contributed by atoms with Gasteiger partial charge in [-0.15, -0.1) is 11.8 Å². The van der Waals surface area contributed by atoms with Gasteiger partial charge in [-0.2, -0.15) is 0 Å². The molecule has 2 N–H and O–H groups in total. The first-order valence-corrected chi connectivity index (χ1v) is 6.88. The van der Waals surface area contributed by atoms with Gasteiger partial charge in [0.05, 0.1) is 0 Å². The van der Waals surface area contributed by atoms with Crippen molar-refractivity contribution in [3.05, 3.63) is 36.5 Å². The Balaban J connectivity index is 1.83. The third kappa shape index (κ3) is 4.15. The summed E-state index contributed by atoms with van der Waals surface area (Å²) in [5.74, 6) is 0.676. The van der Waals surface area contributed by atoms with Gasteiger partial charge in [0.25, 0.3) is 0 Å². The van der Waals surface area contributed by atoms with Crippen molar-refractivity contribution in [1.29, 1.82) is 0 Å². The predicted octanol–water partition coefficient (Wildman–Crippen LogP) is 3.45. The second-order valence-corrected chi connectivity index (χ2v) is 4.91. The molecular formula is C13H16N2OS. The van der Waals surface area contributed by atoms with Gasteiger partial charge in [-0.25, -0.2) is 4.79 Å². The van der Waals surface area contributed by atoms with E-state index in [4.69, 9.17) is 0 Å². The zero-order valence-corrected chi connectivity index (χ0v) is 10.6. The van der Waals surface area contributed by atoms with E-state index in [9.17, 15) is 4.79 Å². The molecule has 1 saturated carbocycles. The highest BCUT2D eigenvalue weighted by Gasteiger charge is 2.16. The second-order valence-electron chi connectivity index (χ2n) is 4.03. The number of carbonyl (C=O) groups excluding carboxylic acids is 1. The average molecular weight is 248 g/mol. The summed E-state index contributed by atoms with van der Waals surface area (Å²) in [7, 11) is 0. The molecule has 0 aromatic heterocycles. The molecule has 4 heteroatoms. The molecule has 0 bridgehead atoms. The summed E-state index contributed by atoms with van der Waals surface area (Å²) in [6.07, 6.45) is 8.27. The number of hydrogen-bond acceptors (Lipinski definition) is 2. The molecule has 1 aliphatic rings. The first-order valence-electron chi connectivity index (χ1n) is 5.66. The minimum absolute atomic E-state index is 0.194. The van der Waals surface area contributed by atoms with E-state index in [1.807, 2.05) is 36.6 Å². The van der Waals surface area contributed by atoms with Gasteiger partial charge in [0.2, 0.25) is 0 Å². The SMILES string of the molecule is CSc1cccc(NC(=O)N/C=C/C2CC2)c1. The lowest BCUT2D eigenvalue weighted by Crippen LogP contribution is -2.23. The lowest BCUT2D eigenvalue weighted by Gasteiger charge is -2.05. The van der Waals surface area contributed by atoms with Gasteiger partial charge in [-0.3, -0.25) is 0 Å². The van der Waals surface area contributed by atoms with Crippen LogP contribution < -0.4 is 10.6 Å². The molecule has 0 unspecified atom stereocenters. The van der Waals surface area contributed by atoms with Crippen molar-refractivity contribution in [2.45, 2.75) is 17.7 Å². The topological polar surface area (TPSA) is 41.1 Å². The first kappa shape index (κ1) is 12.0. The first-order chi connectivity index (χ1) is 8.28. The standard InChI is InChI=1S/C13H16N2OS/c1-17-12-4-2-3-11(9-12)15-13(16)14-8-7-10-5-6-10/h2-4,7-10H,5-6H2,1H3,(H2,14,15,16)/b8-7+. The number of hydrogen-bond donors (Lipinski definition) is 2. The number of rotatable bonds is 4. The third-order valence-electron chi connectivity index (χ3n) is 2.53. The van der Waals surface area contributed by atoms with E-state index < -0.39 is 0 Å². The Bertz CT molecular complexity index is 427. The predicted molar refractivity (Wildman–Crippen MR) is 72.2 cm³/mol. The number of nitrogens with one attached hydrogen (secondary N) is 2. The molecule has 0 atom stereocenters. The average Bonchev–Trinajstić information content (AvgIpc) is 3.13. The molecule has 3 nitrogen and oxygen atoms in total. The Kier molecular flexibility index (Phi) is 4.09. The van der Waals surface area contributed by atoms with Crippen LogP contribution in [-0.2, 0) is 0 Å². The van der Waals surface area contributed by atoms with E-state index in [0.29, 0.717) is 5.92 Å². The molecule has 0 aliphatic heterocycles. The number of urea groups is 1. The second kappa shape index (κ2) is 5.77. The molecule has 0 saturated heterocycles. The highest BCUT2D eigenvalue weighted by atomic mass is 32.2. The fourth-order valence-electron chi connectivity index (χ4n) is 1.42. The quantitative estimate of drug-likeness (QED) is 0.801. The van der Waals surface area contributed by atoms with Gasteiger partial charge in [0.1, 0.15) is 0 Å². The maximum absolute atomic E-state index is 11.5.